The van der Waals surface area contributed by atoms with Gasteiger partial charge in [0.15, 0.2) is 0 Å². The summed E-state index contributed by atoms with van der Waals surface area (Å²) in [5, 5.41) is 3.34. The van der Waals surface area contributed by atoms with Gasteiger partial charge in [-0.2, -0.15) is 18.2 Å². The van der Waals surface area contributed by atoms with Gasteiger partial charge in [0.1, 0.15) is 0 Å². The molecule has 6 nitrogen and oxygen atoms in total. The minimum Gasteiger partial charge on any atom is -0.329 e. The number of hydrogen-bond acceptors (Lipinski definition) is 5. The van der Waals surface area contributed by atoms with Crippen molar-refractivity contribution in [1.29, 1.82) is 0 Å². The van der Waals surface area contributed by atoms with E-state index in [0.717, 1.165) is 0 Å². The summed E-state index contributed by atoms with van der Waals surface area (Å²) in [5.41, 5.74) is 0.976. The summed E-state index contributed by atoms with van der Waals surface area (Å²) >= 11 is 0. The van der Waals surface area contributed by atoms with E-state index in [4.69, 9.17) is 0 Å². The Balaban J connectivity index is 1.85. The van der Waals surface area contributed by atoms with Gasteiger partial charge in [-0.1, -0.05) is 61.5 Å². The van der Waals surface area contributed by atoms with Crippen LogP contribution in [0.15, 0.2) is 64.0 Å². The van der Waals surface area contributed by atoms with E-state index in [9.17, 15) is 21.6 Å². The molecule has 154 valence electrons. The molecule has 2 aromatic carbocycles. The maximum atomic E-state index is 12.7. The Labute approximate surface area is 165 Å². The number of rotatable bonds is 6. The summed E-state index contributed by atoms with van der Waals surface area (Å²) < 4.78 is 70.1. The Morgan fingerprint density at radius 3 is 2.14 bits per heavy atom. The van der Waals surface area contributed by atoms with Crippen LogP contribution in [-0.2, 0) is 16.2 Å². The number of sulfonamides is 1. The molecule has 1 aromatic heterocycles. The van der Waals surface area contributed by atoms with E-state index < -0.39 is 28.1 Å². The molecule has 10 heteroatoms. The van der Waals surface area contributed by atoms with Crippen molar-refractivity contribution in [2.45, 2.75) is 31.0 Å². The number of hydrogen-bond donors (Lipinski definition) is 1. The van der Waals surface area contributed by atoms with Gasteiger partial charge in [0.25, 0.3) is 0 Å². The zero-order chi connectivity index (χ0) is 21.2. The van der Waals surface area contributed by atoms with Crippen molar-refractivity contribution in [3.63, 3.8) is 0 Å². The third-order valence-electron chi connectivity index (χ3n) is 4.20. The van der Waals surface area contributed by atoms with Crippen LogP contribution in [0.25, 0.3) is 11.4 Å². The van der Waals surface area contributed by atoms with Crippen molar-refractivity contribution in [2.24, 2.45) is 5.92 Å². The minimum atomic E-state index is -4.72. The Hall–Kier alpha value is -2.72. The smallest absolute Gasteiger partial charge is 0.329 e. The normalized spacial score (nSPS) is 13.6. The third kappa shape index (κ3) is 4.83. The van der Waals surface area contributed by atoms with E-state index >= 15 is 0 Å². The number of aromatic nitrogens is 2. The maximum Gasteiger partial charge on any atom is 0.471 e. The highest BCUT2D eigenvalue weighted by Crippen LogP contribution is 2.30. The molecule has 0 fully saturated rings. The maximum absolute atomic E-state index is 12.7. The second kappa shape index (κ2) is 7.96. The van der Waals surface area contributed by atoms with Crippen LogP contribution >= 0.6 is 0 Å². The second-order valence-electron chi connectivity index (χ2n) is 6.70. The summed E-state index contributed by atoms with van der Waals surface area (Å²) in [6.07, 6.45) is -4.72. The van der Waals surface area contributed by atoms with Gasteiger partial charge < -0.3 is 4.52 Å². The quantitative estimate of drug-likeness (QED) is 0.632. The van der Waals surface area contributed by atoms with E-state index in [1.54, 1.807) is 30.3 Å². The standard InChI is InChI=1S/C19H18F3N3O3S/c1-12(2)16(25-29(26,27)15-6-4-3-5-7-15)13-8-10-14(11-9-13)17-23-18(28-24-17)19(20,21)22/h3-12,16,25H,1-2H3. The molecule has 1 N–H and O–H groups in total. The van der Waals surface area contributed by atoms with Crippen molar-refractivity contribution >= 4 is 10.0 Å². The van der Waals surface area contributed by atoms with Gasteiger partial charge in [-0.15, -0.1) is 0 Å². The predicted molar refractivity (Wildman–Crippen MR) is 99.1 cm³/mol. The first-order valence-electron chi connectivity index (χ1n) is 8.66. The number of halogens is 3. The molecule has 0 aliphatic rings. The van der Waals surface area contributed by atoms with Crippen LogP contribution in [0, 0.1) is 5.92 Å². The van der Waals surface area contributed by atoms with E-state index in [1.807, 2.05) is 13.8 Å². The summed E-state index contributed by atoms with van der Waals surface area (Å²) in [4.78, 5) is 3.49. The molecule has 29 heavy (non-hydrogen) atoms. The van der Waals surface area contributed by atoms with Crippen LogP contribution in [0.4, 0.5) is 13.2 Å². The molecular weight excluding hydrogens is 407 g/mol. The van der Waals surface area contributed by atoms with Crippen molar-refractivity contribution in [3.05, 3.63) is 66.1 Å². The first kappa shape index (κ1) is 21.0. The Morgan fingerprint density at radius 1 is 1.00 bits per heavy atom. The summed E-state index contributed by atoms with van der Waals surface area (Å²) in [7, 11) is -3.74. The molecule has 0 amide bonds. The molecule has 0 aliphatic carbocycles. The van der Waals surface area contributed by atoms with Crippen molar-refractivity contribution in [2.75, 3.05) is 0 Å². The van der Waals surface area contributed by atoms with Crippen LogP contribution in [-0.4, -0.2) is 18.6 Å². The van der Waals surface area contributed by atoms with Crippen LogP contribution in [0.5, 0.6) is 0 Å². The third-order valence-corrected chi connectivity index (χ3v) is 5.66. The van der Waals surface area contributed by atoms with Gasteiger partial charge in [0, 0.05) is 11.6 Å². The summed E-state index contributed by atoms with van der Waals surface area (Å²) in [5.74, 6) is -1.71. The molecule has 0 spiro atoms. The number of nitrogens with zero attached hydrogens (tertiary/aromatic N) is 2. The molecule has 0 bridgehead atoms. The van der Waals surface area contributed by atoms with Gasteiger partial charge >= 0.3 is 12.1 Å². The molecule has 0 saturated heterocycles. The fourth-order valence-corrected chi connectivity index (χ4v) is 4.11. The van der Waals surface area contributed by atoms with Crippen LogP contribution in [0.2, 0.25) is 0 Å². The molecule has 0 saturated carbocycles. The monoisotopic (exact) mass is 425 g/mol. The van der Waals surface area contributed by atoms with Crippen molar-refractivity contribution in [1.82, 2.24) is 14.9 Å². The topological polar surface area (TPSA) is 85.1 Å². The highest BCUT2D eigenvalue weighted by molar-refractivity contribution is 7.89. The number of alkyl halides is 3. The molecule has 3 rings (SSSR count). The Bertz CT molecular complexity index is 1060. The van der Waals surface area contributed by atoms with E-state index in [0.29, 0.717) is 11.1 Å². The van der Waals surface area contributed by atoms with Crippen molar-refractivity contribution in [3.8, 4) is 11.4 Å². The largest absolute Gasteiger partial charge is 0.471 e. The molecule has 1 atom stereocenters. The zero-order valence-electron chi connectivity index (χ0n) is 15.5. The summed E-state index contributed by atoms with van der Waals surface area (Å²) in [6.45, 7) is 3.72. The number of benzene rings is 2. The molecule has 1 heterocycles. The van der Waals surface area contributed by atoms with E-state index in [2.05, 4.69) is 19.4 Å². The van der Waals surface area contributed by atoms with Gasteiger partial charge in [-0.3, -0.25) is 0 Å². The van der Waals surface area contributed by atoms with Crippen molar-refractivity contribution < 1.29 is 26.1 Å². The van der Waals surface area contributed by atoms with Crippen LogP contribution < -0.4 is 4.72 Å². The zero-order valence-corrected chi connectivity index (χ0v) is 16.3. The predicted octanol–water partition coefficient (Wildman–Crippen LogP) is 4.43. The Morgan fingerprint density at radius 2 is 1.62 bits per heavy atom. The lowest BCUT2D eigenvalue weighted by atomic mass is 9.96. The SMILES string of the molecule is CC(C)C(NS(=O)(=O)c1ccccc1)c1ccc(-c2noc(C(F)(F)F)n2)cc1. The first-order chi connectivity index (χ1) is 13.6. The summed E-state index contributed by atoms with van der Waals surface area (Å²) in [6, 6.07) is 13.7. The lowest BCUT2D eigenvalue weighted by molar-refractivity contribution is -0.159. The van der Waals surface area contributed by atoms with Crippen LogP contribution in [0.3, 0.4) is 0 Å². The van der Waals surface area contributed by atoms with E-state index in [1.165, 1.54) is 24.3 Å². The second-order valence-corrected chi connectivity index (χ2v) is 8.41. The van der Waals surface area contributed by atoms with Crippen LogP contribution in [0.1, 0.15) is 31.3 Å². The molecular formula is C19H18F3N3O3S. The highest BCUT2D eigenvalue weighted by atomic mass is 32.2. The van der Waals surface area contributed by atoms with Gasteiger partial charge in [-0.05, 0) is 23.6 Å². The number of nitrogens with one attached hydrogen (secondary N) is 1. The average Bonchev–Trinajstić information content (AvgIpc) is 3.18. The molecule has 3 aromatic rings. The fraction of sp³-hybridized carbons (Fsp3) is 0.263. The molecule has 0 radical (unpaired) electrons. The van der Waals surface area contributed by atoms with Gasteiger partial charge in [0.05, 0.1) is 4.90 Å². The highest BCUT2D eigenvalue weighted by Gasteiger charge is 2.38. The van der Waals surface area contributed by atoms with Gasteiger partial charge in [0.2, 0.25) is 15.8 Å². The van der Waals surface area contributed by atoms with E-state index in [-0.39, 0.29) is 16.6 Å². The average molecular weight is 425 g/mol. The minimum absolute atomic E-state index is 0.0821. The fourth-order valence-electron chi connectivity index (χ4n) is 2.72. The molecule has 1 unspecified atom stereocenters. The van der Waals surface area contributed by atoms with Gasteiger partial charge in [-0.25, -0.2) is 13.1 Å². The lowest BCUT2D eigenvalue weighted by Crippen LogP contribution is -2.31. The lowest BCUT2D eigenvalue weighted by Gasteiger charge is -2.23. The first-order valence-corrected chi connectivity index (χ1v) is 10.1. The molecule has 0 aliphatic heterocycles. The Kier molecular flexibility index (Phi) is 5.76.